The van der Waals surface area contributed by atoms with Crippen molar-refractivity contribution in [1.82, 2.24) is 20.0 Å². The summed E-state index contributed by atoms with van der Waals surface area (Å²) in [6.07, 6.45) is 2.77. The minimum absolute atomic E-state index is 0.0185. The molecule has 0 atom stereocenters. The predicted molar refractivity (Wildman–Crippen MR) is 114 cm³/mol. The lowest BCUT2D eigenvalue weighted by Gasteiger charge is -2.12. The number of hydrogen-bond acceptors (Lipinski definition) is 3. The topological polar surface area (TPSA) is 87.2 Å². The van der Waals surface area contributed by atoms with E-state index in [0.717, 1.165) is 11.3 Å². The highest BCUT2D eigenvalue weighted by molar-refractivity contribution is 6.13. The number of nitrogens with zero attached hydrogens (tertiary/aromatic N) is 2. The van der Waals surface area contributed by atoms with Crippen LogP contribution in [0.1, 0.15) is 30.2 Å². The number of carbonyl (C=O) groups is 2. The molecule has 2 aromatic carbocycles. The number of nitrogens with one attached hydrogen (secondary N) is 2. The summed E-state index contributed by atoms with van der Waals surface area (Å²) in [6.45, 7) is 1.78. The first-order valence-corrected chi connectivity index (χ1v) is 9.97. The van der Waals surface area contributed by atoms with Crippen LogP contribution in [0.5, 0.6) is 0 Å². The number of imide groups is 1. The molecule has 3 amide bonds. The number of carbonyl (C=O) groups excluding carboxylic acids is 2. The molecular weight excluding hydrogens is 399 g/mol. The van der Waals surface area contributed by atoms with Crippen molar-refractivity contribution >= 4 is 18.0 Å². The molecule has 1 aromatic heterocycles. The van der Waals surface area contributed by atoms with Crippen LogP contribution in [0.3, 0.4) is 0 Å². The average molecular weight is 420 g/mol. The standard InChI is InChI=1S/C23H21FN4O3/c1-2-8-19-17(21(29)28(26-19)16-10-4-3-5-11-16)13-20-22(30)27(23(31)25-20)14-15-9-6-7-12-18(15)24/h3-7,9-13,26H,2,8,14H2,1H3,(H,25,31)/b20-13-. The first-order chi connectivity index (χ1) is 15.0. The normalized spacial score (nSPS) is 15.0. The summed E-state index contributed by atoms with van der Waals surface area (Å²) in [5.74, 6) is -1.11. The summed E-state index contributed by atoms with van der Waals surface area (Å²) < 4.78 is 15.4. The molecule has 0 radical (unpaired) electrons. The van der Waals surface area contributed by atoms with Gasteiger partial charge in [0.25, 0.3) is 11.5 Å². The lowest BCUT2D eigenvalue weighted by molar-refractivity contribution is -0.123. The number of halogens is 1. The number of amides is 3. The van der Waals surface area contributed by atoms with Gasteiger partial charge in [0, 0.05) is 11.3 Å². The maximum absolute atomic E-state index is 14.0. The molecule has 1 aliphatic rings. The third-order valence-corrected chi connectivity index (χ3v) is 5.06. The Balaban J connectivity index is 1.69. The van der Waals surface area contributed by atoms with Crippen molar-refractivity contribution in [3.8, 4) is 5.69 Å². The number of aromatic amines is 1. The van der Waals surface area contributed by atoms with Gasteiger partial charge in [-0.25, -0.2) is 13.9 Å². The van der Waals surface area contributed by atoms with E-state index >= 15 is 0 Å². The summed E-state index contributed by atoms with van der Waals surface area (Å²) >= 11 is 0. The van der Waals surface area contributed by atoms with E-state index in [4.69, 9.17) is 0 Å². The molecule has 158 valence electrons. The molecule has 1 saturated heterocycles. The van der Waals surface area contributed by atoms with Gasteiger partial charge in [-0.2, -0.15) is 0 Å². The number of benzene rings is 2. The smallest absolute Gasteiger partial charge is 0.303 e. The van der Waals surface area contributed by atoms with Crippen LogP contribution >= 0.6 is 0 Å². The van der Waals surface area contributed by atoms with E-state index in [9.17, 15) is 18.8 Å². The number of rotatable bonds is 6. The SMILES string of the molecule is CCCc1[nH]n(-c2ccccc2)c(=O)c1/C=C1\NC(=O)N(Cc2ccccc2F)C1=O. The second kappa shape index (κ2) is 8.43. The van der Waals surface area contributed by atoms with Crippen molar-refractivity contribution in [3.05, 3.63) is 93.3 Å². The van der Waals surface area contributed by atoms with Crippen molar-refractivity contribution in [2.45, 2.75) is 26.3 Å². The summed E-state index contributed by atoms with van der Waals surface area (Å²) in [4.78, 5) is 39.2. The van der Waals surface area contributed by atoms with Gasteiger partial charge in [-0.1, -0.05) is 49.7 Å². The molecule has 3 aromatic rings. The number of para-hydroxylation sites is 1. The van der Waals surface area contributed by atoms with E-state index in [1.54, 1.807) is 18.2 Å². The Bertz CT molecular complexity index is 1230. The molecule has 2 heterocycles. The number of hydrogen-bond donors (Lipinski definition) is 2. The minimum Gasteiger partial charge on any atom is -0.303 e. The van der Waals surface area contributed by atoms with Crippen LogP contribution in [-0.2, 0) is 17.8 Å². The molecule has 0 aliphatic carbocycles. The van der Waals surface area contributed by atoms with E-state index in [1.165, 1.54) is 29.0 Å². The quantitative estimate of drug-likeness (QED) is 0.474. The van der Waals surface area contributed by atoms with Crippen molar-refractivity contribution in [3.63, 3.8) is 0 Å². The van der Waals surface area contributed by atoms with Gasteiger partial charge in [0.15, 0.2) is 0 Å². The van der Waals surface area contributed by atoms with Gasteiger partial charge < -0.3 is 5.32 Å². The monoisotopic (exact) mass is 420 g/mol. The van der Waals surface area contributed by atoms with E-state index < -0.39 is 17.8 Å². The van der Waals surface area contributed by atoms with Gasteiger partial charge >= 0.3 is 6.03 Å². The second-order valence-electron chi connectivity index (χ2n) is 7.20. The Hall–Kier alpha value is -3.94. The van der Waals surface area contributed by atoms with Crippen LogP contribution in [0.2, 0.25) is 0 Å². The largest absolute Gasteiger partial charge is 0.329 e. The van der Waals surface area contributed by atoms with Crippen molar-refractivity contribution in [2.75, 3.05) is 0 Å². The Morgan fingerprint density at radius 2 is 1.71 bits per heavy atom. The first-order valence-electron chi connectivity index (χ1n) is 9.97. The number of urea groups is 1. The highest BCUT2D eigenvalue weighted by Crippen LogP contribution is 2.19. The average Bonchev–Trinajstić information content (AvgIpc) is 3.22. The molecule has 0 bridgehead atoms. The lowest BCUT2D eigenvalue weighted by atomic mass is 10.1. The van der Waals surface area contributed by atoms with Crippen LogP contribution < -0.4 is 10.9 Å². The van der Waals surface area contributed by atoms with Crippen LogP contribution in [-0.4, -0.2) is 26.6 Å². The lowest BCUT2D eigenvalue weighted by Crippen LogP contribution is -2.30. The van der Waals surface area contributed by atoms with E-state index in [-0.39, 0.29) is 23.4 Å². The molecule has 0 saturated carbocycles. The molecule has 1 fully saturated rings. The van der Waals surface area contributed by atoms with Crippen LogP contribution in [0.15, 0.2) is 65.1 Å². The van der Waals surface area contributed by atoms with Crippen LogP contribution in [0.4, 0.5) is 9.18 Å². The highest BCUT2D eigenvalue weighted by atomic mass is 19.1. The third kappa shape index (κ3) is 3.92. The van der Waals surface area contributed by atoms with E-state index in [0.29, 0.717) is 23.4 Å². The second-order valence-corrected chi connectivity index (χ2v) is 7.20. The Kier molecular flexibility index (Phi) is 5.53. The summed E-state index contributed by atoms with van der Waals surface area (Å²) in [5, 5.41) is 5.60. The highest BCUT2D eigenvalue weighted by Gasteiger charge is 2.34. The summed E-state index contributed by atoms with van der Waals surface area (Å²) in [7, 11) is 0. The van der Waals surface area contributed by atoms with Gasteiger partial charge in [0.05, 0.1) is 17.8 Å². The molecule has 8 heteroatoms. The Morgan fingerprint density at radius 3 is 2.42 bits per heavy atom. The summed E-state index contributed by atoms with van der Waals surface area (Å²) in [5.41, 5.74) is 1.52. The fourth-order valence-corrected chi connectivity index (χ4v) is 3.50. The van der Waals surface area contributed by atoms with Crippen molar-refractivity contribution < 1.29 is 14.0 Å². The molecule has 0 spiro atoms. The van der Waals surface area contributed by atoms with Gasteiger partial charge in [-0.05, 0) is 30.7 Å². The van der Waals surface area contributed by atoms with Crippen LogP contribution in [0.25, 0.3) is 11.8 Å². The fourth-order valence-electron chi connectivity index (χ4n) is 3.50. The fraction of sp³-hybridized carbons (Fsp3) is 0.174. The van der Waals surface area contributed by atoms with Gasteiger partial charge in [0.2, 0.25) is 0 Å². The molecule has 2 N–H and O–H groups in total. The van der Waals surface area contributed by atoms with Gasteiger partial charge in [-0.3, -0.25) is 19.6 Å². The maximum Gasteiger partial charge on any atom is 0.329 e. The maximum atomic E-state index is 14.0. The zero-order chi connectivity index (χ0) is 22.0. The molecule has 7 nitrogen and oxygen atoms in total. The third-order valence-electron chi connectivity index (χ3n) is 5.06. The molecule has 31 heavy (non-hydrogen) atoms. The van der Waals surface area contributed by atoms with Crippen LogP contribution in [0, 0.1) is 5.82 Å². The first kappa shape index (κ1) is 20.3. The molecule has 4 rings (SSSR count). The number of aryl methyl sites for hydroxylation is 1. The minimum atomic E-state index is -0.657. The predicted octanol–water partition coefficient (Wildman–Crippen LogP) is 3.35. The summed E-state index contributed by atoms with van der Waals surface area (Å²) in [6, 6.07) is 14.4. The number of H-pyrrole nitrogens is 1. The Morgan fingerprint density at radius 1 is 1.00 bits per heavy atom. The van der Waals surface area contributed by atoms with E-state index in [2.05, 4.69) is 10.4 Å². The number of aromatic nitrogens is 2. The zero-order valence-corrected chi connectivity index (χ0v) is 16.9. The van der Waals surface area contributed by atoms with E-state index in [1.807, 2.05) is 25.1 Å². The molecule has 1 aliphatic heterocycles. The molecule has 0 unspecified atom stereocenters. The van der Waals surface area contributed by atoms with Gasteiger partial charge in [-0.15, -0.1) is 0 Å². The zero-order valence-electron chi connectivity index (χ0n) is 16.9. The Labute approximate surface area is 177 Å². The van der Waals surface area contributed by atoms with Crippen molar-refractivity contribution in [2.24, 2.45) is 0 Å². The van der Waals surface area contributed by atoms with Gasteiger partial charge in [0.1, 0.15) is 11.5 Å². The van der Waals surface area contributed by atoms with Crippen molar-refractivity contribution in [1.29, 1.82) is 0 Å². The molecular formula is C23H21FN4O3.